The van der Waals surface area contributed by atoms with E-state index in [4.69, 9.17) is 4.74 Å². The van der Waals surface area contributed by atoms with Crippen LogP contribution in [-0.2, 0) is 4.74 Å². The normalized spacial score (nSPS) is 11.5. The van der Waals surface area contributed by atoms with E-state index in [1.807, 2.05) is 30.7 Å². The summed E-state index contributed by atoms with van der Waals surface area (Å²) >= 11 is 1.37. The van der Waals surface area contributed by atoms with Crippen LogP contribution in [0.25, 0.3) is 27.9 Å². The number of unbranched alkanes of at least 4 members (excludes halogenated alkanes) is 1. The summed E-state index contributed by atoms with van der Waals surface area (Å²) in [6.45, 7) is 21.2. The Labute approximate surface area is 238 Å². The molecule has 1 atom stereocenters. The summed E-state index contributed by atoms with van der Waals surface area (Å²) in [7, 11) is 0. The number of ketones is 1. The molecule has 3 aromatic heterocycles. The predicted molar refractivity (Wildman–Crippen MR) is 168 cm³/mol. The minimum atomic E-state index is -0.261. The third-order valence-electron chi connectivity index (χ3n) is 5.82. The Morgan fingerprint density at radius 1 is 1.15 bits per heavy atom. The van der Waals surface area contributed by atoms with E-state index in [0.29, 0.717) is 28.2 Å². The van der Waals surface area contributed by atoms with Gasteiger partial charge in [-0.05, 0) is 38.7 Å². The molecule has 0 fully saturated rings. The highest BCUT2D eigenvalue weighted by atomic mass is 32.1. The van der Waals surface area contributed by atoms with Crippen LogP contribution in [-0.4, -0.2) is 33.4 Å². The van der Waals surface area contributed by atoms with Crippen LogP contribution in [0, 0.1) is 12.8 Å². The number of Topliss-reactive ketones (excluding diaryl/α,β-unsaturated/α-hetero) is 1. The maximum Gasteiger partial charge on any atom is 0.258 e. The van der Waals surface area contributed by atoms with Crippen molar-refractivity contribution in [2.24, 2.45) is 5.92 Å². The Kier molecular flexibility index (Phi) is 15.9. The molecule has 3 heterocycles. The summed E-state index contributed by atoms with van der Waals surface area (Å²) in [5, 5.41) is 2.49. The van der Waals surface area contributed by atoms with Gasteiger partial charge in [0.1, 0.15) is 5.01 Å². The first-order valence-electron chi connectivity index (χ1n) is 13.9. The van der Waals surface area contributed by atoms with Crippen molar-refractivity contribution in [2.75, 3.05) is 6.61 Å². The lowest BCUT2D eigenvalue weighted by molar-refractivity contribution is 0.0186. The van der Waals surface area contributed by atoms with E-state index in [2.05, 4.69) is 63.1 Å². The van der Waals surface area contributed by atoms with E-state index >= 15 is 0 Å². The van der Waals surface area contributed by atoms with Gasteiger partial charge in [0.05, 0.1) is 17.4 Å². The van der Waals surface area contributed by atoms with Crippen molar-refractivity contribution in [2.45, 2.75) is 87.2 Å². The fourth-order valence-corrected chi connectivity index (χ4v) is 4.49. The minimum Gasteiger partial charge on any atom is -0.378 e. The van der Waals surface area contributed by atoms with Crippen LogP contribution in [0.3, 0.4) is 0 Å². The monoisotopic (exact) mass is 553 g/mol. The van der Waals surface area contributed by atoms with Crippen LogP contribution in [0.5, 0.6) is 0 Å². The summed E-state index contributed by atoms with van der Waals surface area (Å²) < 4.78 is 5.69. The Morgan fingerprint density at radius 2 is 1.85 bits per heavy atom. The average molecular weight is 554 g/mol. The summed E-state index contributed by atoms with van der Waals surface area (Å²) in [6.07, 6.45) is 14.2. The van der Waals surface area contributed by atoms with Crippen LogP contribution in [0.1, 0.15) is 95.8 Å². The van der Waals surface area contributed by atoms with Gasteiger partial charge < -0.3 is 14.7 Å². The summed E-state index contributed by atoms with van der Waals surface area (Å²) in [6, 6.07) is 1.59. The molecular weight excluding hydrogens is 506 g/mol. The fraction of sp³-hybridized carbons (Fsp3) is 0.469. The summed E-state index contributed by atoms with van der Waals surface area (Å²) in [5.74, 6) is 0.559. The molecule has 39 heavy (non-hydrogen) atoms. The van der Waals surface area contributed by atoms with Crippen LogP contribution in [0.2, 0.25) is 0 Å². The molecule has 0 saturated carbocycles. The summed E-state index contributed by atoms with van der Waals surface area (Å²) in [5.41, 5.74) is 4.39. The molecule has 3 rings (SSSR count). The van der Waals surface area contributed by atoms with Crippen molar-refractivity contribution in [1.82, 2.24) is 15.0 Å². The summed E-state index contributed by atoms with van der Waals surface area (Å²) in [4.78, 5) is 34.1. The van der Waals surface area contributed by atoms with Crippen molar-refractivity contribution in [3.63, 3.8) is 0 Å². The van der Waals surface area contributed by atoms with Gasteiger partial charge in [0.25, 0.3) is 5.56 Å². The number of hydrogen-bond donors (Lipinski definition) is 2. The maximum atomic E-state index is 12.1. The van der Waals surface area contributed by atoms with Crippen molar-refractivity contribution in [3.8, 4) is 21.8 Å². The molecule has 2 N–H and O–H groups in total. The molecule has 3 aromatic rings. The van der Waals surface area contributed by atoms with E-state index < -0.39 is 0 Å². The molecular formula is C32H47N3O3S. The number of carbonyl (C=O) groups excluding carboxylic acids is 1. The number of aryl methyl sites for hydroxylation is 1. The molecule has 0 aliphatic rings. The van der Waals surface area contributed by atoms with Crippen molar-refractivity contribution in [1.29, 1.82) is 0 Å². The molecule has 7 heteroatoms. The zero-order chi connectivity index (χ0) is 29.4. The van der Waals surface area contributed by atoms with E-state index in [0.717, 1.165) is 35.5 Å². The highest BCUT2D eigenvalue weighted by Gasteiger charge is 2.15. The molecule has 0 bridgehead atoms. The largest absolute Gasteiger partial charge is 0.378 e. The van der Waals surface area contributed by atoms with Gasteiger partial charge in [-0.15, -0.1) is 11.3 Å². The number of ether oxygens (including phenoxy) is 1. The van der Waals surface area contributed by atoms with Crippen molar-refractivity contribution >= 4 is 23.2 Å². The lowest BCUT2D eigenvalue weighted by Crippen LogP contribution is -2.19. The Balaban J connectivity index is 0.000000457. The topological polar surface area (TPSA) is 87.8 Å². The van der Waals surface area contributed by atoms with E-state index in [1.54, 1.807) is 12.1 Å². The maximum absolute atomic E-state index is 12.1. The molecule has 6 nitrogen and oxygen atoms in total. The zero-order valence-electron chi connectivity index (χ0n) is 25.0. The van der Waals surface area contributed by atoms with Gasteiger partial charge in [-0.2, -0.15) is 0 Å². The number of rotatable bonds is 11. The van der Waals surface area contributed by atoms with Crippen LogP contribution < -0.4 is 5.56 Å². The van der Waals surface area contributed by atoms with Crippen LogP contribution in [0.4, 0.5) is 0 Å². The number of thiazole rings is 1. The molecule has 0 spiro atoms. The molecule has 0 saturated heterocycles. The first-order valence-corrected chi connectivity index (χ1v) is 14.8. The van der Waals surface area contributed by atoms with E-state index in [1.165, 1.54) is 43.7 Å². The number of hydrogen-bond acceptors (Lipinski definition) is 5. The highest BCUT2D eigenvalue weighted by Crippen LogP contribution is 2.31. The molecule has 0 aromatic carbocycles. The van der Waals surface area contributed by atoms with E-state index in [9.17, 15) is 9.59 Å². The van der Waals surface area contributed by atoms with Gasteiger partial charge >= 0.3 is 0 Å². The molecule has 0 radical (unpaired) electrons. The minimum absolute atomic E-state index is 0.104. The number of nitrogens with one attached hydrogen (secondary N) is 2. The second-order valence-electron chi connectivity index (χ2n) is 9.68. The number of aromatic nitrogens is 3. The fourth-order valence-electron chi connectivity index (χ4n) is 3.66. The molecule has 0 aliphatic heterocycles. The lowest BCUT2D eigenvalue weighted by atomic mass is 10.1. The lowest BCUT2D eigenvalue weighted by Gasteiger charge is -2.19. The number of H-pyrrole nitrogens is 2. The highest BCUT2D eigenvalue weighted by molar-refractivity contribution is 7.13. The van der Waals surface area contributed by atoms with Gasteiger partial charge in [-0.3, -0.25) is 9.59 Å². The van der Waals surface area contributed by atoms with Crippen LogP contribution in [0.15, 0.2) is 47.4 Å². The van der Waals surface area contributed by atoms with E-state index in [-0.39, 0.29) is 11.3 Å². The molecule has 1 unspecified atom stereocenters. The number of allylic oxidation sites excluding steroid dienone is 2. The number of pyridine rings is 1. The molecule has 0 amide bonds. The van der Waals surface area contributed by atoms with Crippen molar-refractivity contribution < 1.29 is 9.53 Å². The number of aromatic amines is 2. The Morgan fingerprint density at radius 3 is 2.41 bits per heavy atom. The Hall–Kier alpha value is -3.03. The quantitative estimate of drug-likeness (QED) is 0.141. The first-order chi connectivity index (χ1) is 18.6. The average Bonchev–Trinajstić information content (AvgIpc) is 3.53. The van der Waals surface area contributed by atoms with Crippen LogP contribution >= 0.6 is 11.3 Å². The van der Waals surface area contributed by atoms with Gasteiger partial charge in [0.2, 0.25) is 0 Å². The number of nitrogens with zero attached hydrogens (tertiary/aromatic N) is 1. The molecule has 0 aliphatic carbocycles. The molecule has 214 valence electrons. The predicted octanol–water partition coefficient (Wildman–Crippen LogP) is 8.86. The smallest absolute Gasteiger partial charge is 0.258 e. The first kappa shape index (κ1) is 34.0. The Bertz CT molecular complexity index is 1230. The van der Waals surface area contributed by atoms with Gasteiger partial charge in [-0.1, -0.05) is 79.2 Å². The number of carbonyl (C=O) groups is 1. The van der Waals surface area contributed by atoms with Gasteiger partial charge in [0, 0.05) is 46.8 Å². The van der Waals surface area contributed by atoms with Crippen molar-refractivity contribution in [3.05, 3.63) is 69.7 Å². The third-order valence-corrected chi connectivity index (χ3v) is 6.70. The second kappa shape index (κ2) is 18.3. The second-order valence-corrected chi connectivity index (χ2v) is 10.5. The SMILES string of the molecule is C=C/C=C\c1c(-c2csc(-c3cc(C(C)=O)c[nH]c3=O)n2)c[nH]c1C.CCC.CCCCOC(CC)C(C)C. The standard InChI is InChI=1S/C19H17N3O2S.C10H22O.C3H8/c1-4-5-6-14-11(2)20-9-16(14)17-10-25-19(22-17)15-7-13(12(3)23)8-21-18(15)24;1-5-7-8-11-10(6-2)9(3)4;1-3-2/h4-10,20H,1H2,2-3H3,(H,21,24);9-10H,5-8H2,1-4H3;3H2,1-2H3/b6-5-;;. The third kappa shape index (κ3) is 10.9. The zero-order valence-corrected chi connectivity index (χ0v) is 25.8. The van der Waals surface area contributed by atoms with Gasteiger partial charge in [0.15, 0.2) is 5.78 Å². The van der Waals surface area contributed by atoms with Gasteiger partial charge in [-0.25, -0.2) is 4.98 Å².